The predicted molar refractivity (Wildman–Crippen MR) is 61.8 cm³/mol. The van der Waals surface area contributed by atoms with E-state index in [4.69, 9.17) is 4.74 Å². The van der Waals surface area contributed by atoms with Crippen LogP contribution in [0.1, 0.15) is 34.6 Å². The number of hydrogen-bond acceptors (Lipinski definition) is 5. The van der Waals surface area contributed by atoms with Crippen molar-refractivity contribution in [2.24, 2.45) is 0 Å². The van der Waals surface area contributed by atoms with E-state index >= 15 is 0 Å². The number of ether oxygens (including phenoxy) is 2. The van der Waals surface area contributed by atoms with E-state index in [1.54, 1.807) is 12.1 Å². The van der Waals surface area contributed by atoms with Gasteiger partial charge in [0.1, 0.15) is 5.75 Å². The summed E-state index contributed by atoms with van der Waals surface area (Å²) in [5, 5.41) is 0. The number of carbonyl (C=O) groups is 3. The van der Waals surface area contributed by atoms with Gasteiger partial charge in [0, 0.05) is 5.56 Å². The van der Waals surface area contributed by atoms with Crippen molar-refractivity contribution in [3.05, 3.63) is 29.3 Å². The molecule has 1 aromatic rings. The Labute approximate surface area is 104 Å². The van der Waals surface area contributed by atoms with Gasteiger partial charge in [-0.15, -0.1) is 0 Å². The lowest BCUT2D eigenvalue weighted by molar-refractivity contribution is -0.130. The Kier molecular flexibility index (Phi) is 3.14. The van der Waals surface area contributed by atoms with E-state index in [-0.39, 0.29) is 23.7 Å². The van der Waals surface area contributed by atoms with Gasteiger partial charge in [0.25, 0.3) is 6.47 Å². The number of benzene rings is 1. The molecule has 1 aliphatic carbocycles. The van der Waals surface area contributed by atoms with Crippen molar-refractivity contribution in [3.8, 4) is 5.75 Å². The lowest BCUT2D eigenvalue weighted by atomic mass is 10.1. The maximum atomic E-state index is 12.0. The summed E-state index contributed by atoms with van der Waals surface area (Å²) in [7, 11) is 0. The topological polar surface area (TPSA) is 69.7 Å². The fourth-order valence-corrected chi connectivity index (χ4v) is 1.91. The van der Waals surface area contributed by atoms with Crippen LogP contribution in [0.25, 0.3) is 0 Å². The maximum Gasteiger partial charge on any atom is 0.294 e. The smallest absolute Gasteiger partial charge is 0.294 e. The standard InChI is InChI=1S/C13H12O5/c1-7(2)18-9-5-3-4-8-10(9)12(16)13(11(8)15)17-6-14/h3-7,13H,1-2H3. The molecule has 0 bridgehead atoms. The first-order chi connectivity index (χ1) is 8.56. The van der Waals surface area contributed by atoms with Crippen LogP contribution in [0.5, 0.6) is 5.75 Å². The SMILES string of the molecule is CC(C)Oc1cccc2c1C(=O)C(OC=O)C2=O. The molecular formula is C13H12O5. The highest BCUT2D eigenvalue weighted by atomic mass is 16.5. The third-order valence-electron chi connectivity index (χ3n) is 2.57. The molecule has 5 heteroatoms. The van der Waals surface area contributed by atoms with Gasteiger partial charge >= 0.3 is 0 Å². The Morgan fingerprint density at radius 3 is 2.56 bits per heavy atom. The second kappa shape index (κ2) is 4.60. The van der Waals surface area contributed by atoms with Crippen molar-refractivity contribution >= 4 is 18.0 Å². The van der Waals surface area contributed by atoms with Crippen LogP contribution in [0, 0.1) is 0 Å². The molecule has 0 aliphatic heterocycles. The van der Waals surface area contributed by atoms with Crippen molar-refractivity contribution in [1.29, 1.82) is 0 Å². The molecule has 18 heavy (non-hydrogen) atoms. The first-order valence-electron chi connectivity index (χ1n) is 5.53. The zero-order chi connectivity index (χ0) is 13.3. The van der Waals surface area contributed by atoms with Gasteiger partial charge in [0.15, 0.2) is 0 Å². The lowest BCUT2D eigenvalue weighted by Gasteiger charge is -2.12. The summed E-state index contributed by atoms with van der Waals surface area (Å²) in [6, 6.07) is 4.77. The second-order valence-electron chi connectivity index (χ2n) is 4.19. The minimum Gasteiger partial charge on any atom is -0.490 e. The largest absolute Gasteiger partial charge is 0.490 e. The zero-order valence-electron chi connectivity index (χ0n) is 10.0. The summed E-state index contributed by atoms with van der Waals surface area (Å²) in [5.41, 5.74) is 0.438. The number of carbonyl (C=O) groups excluding carboxylic acids is 3. The Balaban J connectivity index is 2.47. The van der Waals surface area contributed by atoms with Gasteiger partial charge < -0.3 is 9.47 Å². The van der Waals surface area contributed by atoms with Gasteiger partial charge in [-0.05, 0) is 19.9 Å². The fraction of sp³-hybridized carbons (Fsp3) is 0.308. The molecule has 1 atom stereocenters. The van der Waals surface area contributed by atoms with Crippen molar-refractivity contribution in [2.75, 3.05) is 0 Å². The summed E-state index contributed by atoms with van der Waals surface area (Å²) < 4.78 is 10.0. The molecule has 0 saturated carbocycles. The van der Waals surface area contributed by atoms with Gasteiger partial charge in [0.05, 0.1) is 11.7 Å². The van der Waals surface area contributed by atoms with Crippen molar-refractivity contribution < 1.29 is 23.9 Å². The van der Waals surface area contributed by atoms with Crippen molar-refractivity contribution in [3.63, 3.8) is 0 Å². The van der Waals surface area contributed by atoms with Crippen LogP contribution in [-0.4, -0.2) is 30.2 Å². The van der Waals surface area contributed by atoms with E-state index in [2.05, 4.69) is 4.74 Å². The normalized spacial score (nSPS) is 17.8. The van der Waals surface area contributed by atoms with Crippen molar-refractivity contribution in [2.45, 2.75) is 26.1 Å². The Hall–Kier alpha value is -2.17. The highest BCUT2D eigenvalue weighted by molar-refractivity contribution is 6.30. The molecule has 2 rings (SSSR count). The van der Waals surface area contributed by atoms with Gasteiger partial charge in [-0.2, -0.15) is 0 Å². The van der Waals surface area contributed by atoms with E-state index in [9.17, 15) is 14.4 Å². The van der Waals surface area contributed by atoms with Gasteiger partial charge in [-0.1, -0.05) is 12.1 Å². The van der Waals surface area contributed by atoms with Crippen LogP contribution in [0.3, 0.4) is 0 Å². The number of ketones is 2. The highest BCUT2D eigenvalue weighted by Gasteiger charge is 2.42. The highest BCUT2D eigenvalue weighted by Crippen LogP contribution is 2.32. The average molecular weight is 248 g/mol. The molecule has 0 heterocycles. The molecule has 0 radical (unpaired) electrons. The van der Waals surface area contributed by atoms with Gasteiger partial charge in [-0.3, -0.25) is 14.4 Å². The molecule has 0 aromatic heterocycles. The van der Waals surface area contributed by atoms with Crippen LogP contribution in [0.15, 0.2) is 18.2 Å². The monoisotopic (exact) mass is 248 g/mol. The molecule has 0 N–H and O–H groups in total. The number of rotatable bonds is 4. The van der Waals surface area contributed by atoms with Crippen LogP contribution in [0.2, 0.25) is 0 Å². The summed E-state index contributed by atoms with van der Waals surface area (Å²) in [5.74, 6) is -0.687. The molecule has 1 aliphatic rings. The average Bonchev–Trinajstić information content (AvgIpc) is 2.55. The maximum absolute atomic E-state index is 12.0. The van der Waals surface area contributed by atoms with Crippen LogP contribution < -0.4 is 4.74 Å². The number of hydrogen-bond donors (Lipinski definition) is 0. The summed E-state index contributed by atoms with van der Waals surface area (Å²) in [6.45, 7) is 3.75. The zero-order valence-corrected chi connectivity index (χ0v) is 10.0. The first kappa shape index (κ1) is 12.3. The Bertz CT molecular complexity index is 518. The summed E-state index contributed by atoms with van der Waals surface area (Å²) in [4.78, 5) is 34.2. The van der Waals surface area contributed by atoms with E-state index in [1.807, 2.05) is 13.8 Å². The van der Waals surface area contributed by atoms with Gasteiger partial charge in [0.2, 0.25) is 17.7 Å². The van der Waals surface area contributed by atoms with Gasteiger partial charge in [-0.25, -0.2) is 0 Å². The quantitative estimate of drug-likeness (QED) is 0.595. The number of fused-ring (bicyclic) bond motifs is 1. The molecule has 5 nitrogen and oxygen atoms in total. The van der Waals surface area contributed by atoms with E-state index < -0.39 is 17.7 Å². The van der Waals surface area contributed by atoms with Crippen molar-refractivity contribution in [1.82, 2.24) is 0 Å². The third-order valence-corrected chi connectivity index (χ3v) is 2.57. The summed E-state index contributed by atoms with van der Waals surface area (Å²) in [6.07, 6.45) is -1.49. The molecule has 0 saturated heterocycles. The fourth-order valence-electron chi connectivity index (χ4n) is 1.91. The summed E-state index contributed by atoms with van der Waals surface area (Å²) >= 11 is 0. The van der Waals surface area contributed by atoms with E-state index in [1.165, 1.54) is 6.07 Å². The minimum atomic E-state index is -1.37. The Morgan fingerprint density at radius 2 is 1.94 bits per heavy atom. The van der Waals surface area contributed by atoms with E-state index in [0.717, 1.165) is 0 Å². The lowest BCUT2D eigenvalue weighted by Crippen LogP contribution is -2.25. The predicted octanol–water partition coefficient (Wildman–Crippen LogP) is 1.39. The first-order valence-corrected chi connectivity index (χ1v) is 5.53. The van der Waals surface area contributed by atoms with Crippen LogP contribution in [-0.2, 0) is 9.53 Å². The molecule has 0 amide bonds. The number of Topliss-reactive ketones (excluding diaryl/α,β-unsaturated/α-hetero) is 2. The second-order valence-corrected chi connectivity index (χ2v) is 4.19. The van der Waals surface area contributed by atoms with E-state index in [0.29, 0.717) is 5.75 Å². The third kappa shape index (κ3) is 1.88. The molecule has 0 spiro atoms. The molecule has 1 aromatic carbocycles. The molecule has 94 valence electrons. The van der Waals surface area contributed by atoms with Crippen LogP contribution in [0.4, 0.5) is 0 Å². The van der Waals surface area contributed by atoms with Crippen LogP contribution >= 0.6 is 0 Å². The molecular weight excluding hydrogens is 236 g/mol. The molecule has 1 unspecified atom stereocenters. The Morgan fingerprint density at radius 1 is 1.22 bits per heavy atom. The molecule has 0 fully saturated rings. The minimum absolute atomic E-state index is 0.106.